The Morgan fingerprint density at radius 3 is 2.59 bits per heavy atom. The molecule has 3 aromatic rings. The first kappa shape index (κ1) is 20.5. The van der Waals surface area contributed by atoms with E-state index in [1.807, 2.05) is 0 Å². The fraction of sp³-hybridized carbons (Fsp3) is 0.478. The van der Waals surface area contributed by atoms with Gasteiger partial charge in [0.1, 0.15) is 12.4 Å². The van der Waals surface area contributed by atoms with Gasteiger partial charge in [0.2, 0.25) is 11.8 Å². The molecule has 9 nitrogen and oxygen atoms in total. The van der Waals surface area contributed by atoms with E-state index >= 15 is 0 Å². The van der Waals surface area contributed by atoms with Crippen LogP contribution in [0.3, 0.4) is 0 Å². The molecule has 0 radical (unpaired) electrons. The van der Waals surface area contributed by atoms with Crippen LogP contribution in [0, 0.1) is 0 Å². The third-order valence-corrected chi connectivity index (χ3v) is 6.54. The summed E-state index contributed by atoms with van der Waals surface area (Å²) in [6.45, 7) is 5.52. The second kappa shape index (κ2) is 8.64. The fourth-order valence-corrected chi connectivity index (χ4v) is 4.82. The number of aryl methyl sites for hydroxylation is 1. The third kappa shape index (κ3) is 3.83. The van der Waals surface area contributed by atoms with Gasteiger partial charge >= 0.3 is 6.09 Å². The molecule has 2 saturated heterocycles. The number of aromatic nitrogens is 4. The monoisotopic (exact) mass is 436 g/mol. The molecule has 32 heavy (non-hydrogen) atoms. The highest BCUT2D eigenvalue weighted by molar-refractivity contribution is 5.79. The number of ether oxygens (including phenoxy) is 1. The zero-order chi connectivity index (χ0) is 22.1. The maximum atomic E-state index is 11.2. The lowest BCUT2D eigenvalue weighted by atomic mass is 9.90. The Morgan fingerprint density at radius 2 is 1.91 bits per heavy atom. The molecule has 0 spiro atoms. The van der Waals surface area contributed by atoms with Crippen LogP contribution in [0.4, 0.5) is 10.7 Å². The van der Waals surface area contributed by atoms with Crippen molar-refractivity contribution in [3.05, 3.63) is 42.2 Å². The van der Waals surface area contributed by atoms with Crippen molar-refractivity contribution in [2.24, 2.45) is 0 Å². The average molecular weight is 437 g/mol. The van der Waals surface area contributed by atoms with Gasteiger partial charge in [-0.2, -0.15) is 4.98 Å². The van der Waals surface area contributed by atoms with Crippen molar-refractivity contribution in [1.82, 2.24) is 24.4 Å². The summed E-state index contributed by atoms with van der Waals surface area (Å²) < 4.78 is 8.21. The van der Waals surface area contributed by atoms with E-state index in [-0.39, 0.29) is 6.10 Å². The zero-order valence-corrected chi connectivity index (χ0v) is 18.2. The normalized spacial score (nSPS) is 19.6. The van der Waals surface area contributed by atoms with Crippen molar-refractivity contribution in [3.8, 4) is 5.88 Å². The SMILES string of the molecule is CCn1c(N2CCC(c3ccccc3)CC2)nc2c(O[C@H]3CCN(C(=O)O)C3)ncnc21. The van der Waals surface area contributed by atoms with Crippen LogP contribution in [0.25, 0.3) is 11.2 Å². The number of likely N-dealkylation sites (tertiary alicyclic amines) is 1. The number of piperidine rings is 1. The number of anilines is 1. The molecule has 1 aromatic carbocycles. The van der Waals surface area contributed by atoms with Gasteiger partial charge in [0.15, 0.2) is 11.2 Å². The number of hydrogen-bond acceptors (Lipinski definition) is 6. The van der Waals surface area contributed by atoms with Crippen molar-refractivity contribution in [3.63, 3.8) is 0 Å². The minimum atomic E-state index is -0.916. The van der Waals surface area contributed by atoms with Gasteiger partial charge in [-0.1, -0.05) is 30.3 Å². The topological polar surface area (TPSA) is 96.6 Å². The van der Waals surface area contributed by atoms with Crippen molar-refractivity contribution in [2.45, 2.75) is 44.8 Å². The minimum absolute atomic E-state index is 0.221. The van der Waals surface area contributed by atoms with Crippen molar-refractivity contribution in [1.29, 1.82) is 0 Å². The number of amides is 1. The molecule has 1 N–H and O–H groups in total. The molecule has 2 aromatic heterocycles. The molecule has 1 amide bonds. The molecule has 2 aliphatic rings. The quantitative estimate of drug-likeness (QED) is 0.655. The van der Waals surface area contributed by atoms with Gasteiger partial charge in [0.25, 0.3) is 0 Å². The van der Waals surface area contributed by atoms with Gasteiger partial charge in [-0.25, -0.2) is 14.8 Å². The molecule has 0 saturated carbocycles. The standard InChI is InChI=1S/C23H28N6O3/c1-2-29-20-19(21(25-15-24-20)32-18-10-13-28(14-18)23(30)31)26-22(29)27-11-8-17(9-12-27)16-6-4-3-5-7-16/h3-7,15,17-18H,2,8-14H2,1H3,(H,30,31)/t18-/m0/s1. The summed E-state index contributed by atoms with van der Waals surface area (Å²) in [4.78, 5) is 28.6. The van der Waals surface area contributed by atoms with Crippen LogP contribution in [0.1, 0.15) is 37.7 Å². The maximum absolute atomic E-state index is 11.2. The van der Waals surface area contributed by atoms with Crippen LogP contribution in [0.15, 0.2) is 36.7 Å². The van der Waals surface area contributed by atoms with Gasteiger partial charge in [-0.3, -0.25) is 4.57 Å². The van der Waals surface area contributed by atoms with Crippen LogP contribution >= 0.6 is 0 Å². The number of fused-ring (bicyclic) bond motifs is 1. The van der Waals surface area contributed by atoms with E-state index in [0.29, 0.717) is 36.8 Å². The van der Waals surface area contributed by atoms with Crippen LogP contribution in [0.2, 0.25) is 0 Å². The predicted octanol–water partition coefficient (Wildman–Crippen LogP) is 3.36. The molecule has 2 fully saturated rings. The molecule has 168 valence electrons. The lowest BCUT2D eigenvalue weighted by Crippen LogP contribution is -2.34. The lowest BCUT2D eigenvalue weighted by molar-refractivity contribution is 0.145. The number of carbonyl (C=O) groups is 1. The van der Waals surface area contributed by atoms with Crippen molar-refractivity contribution in [2.75, 3.05) is 31.1 Å². The van der Waals surface area contributed by atoms with Crippen molar-refractivity contribution < 1.29 is 14.6 Å². The fourth-order valence-electron chi connectivity index (χ4n) is 4.82. The summed E-state index contributed by atoms with van der Waals surface area (Å²) >= 11 is 0. The molecule has 1 atom stereocenters. The van der Waals surface area contributed by atoms with E-state index in [2.05, 4.69) is 56.7 Å². The summed E-state index contributed by atoms with van der Waals surface area (Å²) in [6.07, 6.45) is 3.17. The predicted molar refractivity (Wildman–Crippen MR) is 120 cm³/mol. The highest BCUT2D eigenvalue weighted by Gasteiger charge is 2.30. The van der Waals surface area contributed by atoms with E-state index in [9.17, 15) is 9.90 Å². The van der Waals surface area contributed by atoms with E-state index in [0.717, 1.165) is 44.1 Å². The summed E-state index contributed by atoms with van der Waals surface area (Å²) in [5.74, 6) is 1.91. The number of rotatable bonds is 5. The highest BCUT2D eigenvalue weighted by Crippen LogP contribution is 2.33. The Balaban J connectivity index is 1.36. The van der Waals surface area contributed by atoms with Gasteiger partial charge in [-0.05, 0) is 31.2 Å². The average Bonchev–Trinajstić information content (AvgIpc) is 3.45. The van der Waals surface area contributed by atoms with Gasteiger partial charge in [0.05, 0.1) is 6.54 Å². The van der Waals surface area contributed by atoms with Gasteiger partial charge < -0.3 is 19.6 Å². The number of nitrogens with zero attached hydrogens (tertiary/aromatic N) is 6. The second-order valence-electron chi connectivity index (χ2n) is 8.44. The molecule has 0 bridgehead atoms. The zero-order valence-electron chi connectivity index (χ0n) is 18.2. The smallest absolute Gasteiger partial charge is 0.407 e. The summed E-state index contributed by atoms with van der Waals surface area (Å²) in [5, 5.41) is 9.20. The first-order valence-electron chi connectivity index (χ1n) is 11.3. The molecule has 0 unspecified atom stereocenters. The number of hydrogen-bond donors (Lipinski definition) is 1. The number of benzene rings is 1. The lowest BCUT2D eigenvalue weighted by Gasteiger charge is -2.33. The molecular weight excluding hydrogens is 408 g/mol. The molecule has 5 rings (SSSR count). The largest absolute Gasteiger partial charge is 0.471 e. The van der Waals surface area contributed by atoms with Crippen LogP contribution in [-0.4, -0.2) is 67.9 Å². The molecule has 0 aliphatic carbocycles. The Hall–Kier alpha value is -3.36. The molecule has 9 heteroatoms. The number of carboxylic acid groups (broad SMARTS) is 1. The maximum Gasteiger partial charge on any atom is 0.407 e. The van der Waals surface area contributed by atoms with Crippen molar-refractivity contribution >= 4 is 23.2 Å². The Morgan fingerprint density at radius 1 is 1.12 bits per heavy atom. The van der Waals surface area contributed by atoms with E-state index < -0.39 is 6.09 Å². The van der Waals surface area contributed by atoms with Gasteiger partial charge in [-0.15, -0.1) is 0 Å². The molecule has 4 heterocycles. The summed E-state index contributed by atoms with van der Waals surface area (Å²) in [6, 6.07) is 10.7. The molecular formula is C23H28N6O3. The van der Waals surface area contributed by atoms with E-state index in [4.69, 9.17) is 9.72 Å². The first-order valence-corrected chi connectivity index (χ1v) is 11.3. The summed E-state index contributed by atoms with van der Waals surface area (Å²) in [7, 11) is 0. The van der Waals surface area contributed by atoms with Crippen LogP contribution in [0.5, 0.6) is 5.88 Å². The third-order valence-electron chi connectivity index (χ3n) is 6.54. The van der Waals surface area contributed by atoms with Gasteiger partial charge in [0, 0.05) is 32.6 Å². The van der Waals surface area contributed by atoms with Crippen LogP contribution < -0.4 is 9.64 Å². The number of imidazole rings is 1. The molecule has 2 aliphatic heterocycles. The highest BCUT2D eigenvalue weighted by atomic mass is 16.5. The summed E-state index contributed by atoms with van der Waals surface area (Å²) in [5.41, 5.74) is 2.80. The Labute approximate surface area is 186 Å². The van der Waals surface area contributed by atoms with Crippen LogP contribution in [-0.2, 0) is 6.54 Å². The Kier molecular flexibility index (Phi) is 5.55. The second-order valence-corrected chi connectivity index (χ2v) is 8.44. The van der Waals surface area contributed by atoms with E-state index in [1.165, 1.54) is 16.8 Å². The van der Waals surface area contributed by atoms with E-state index in [1.54, 1.807) is 0 Å². The minimum Gasteiger partial charge on any atom is -0.471 e. The Bertz CT molecular complexity index is 1090. The first-order chi connectivity index (χ1) is 15.6.